The number of aromatic nitrogens is 2. The van der Waals surface area contributed by atoms with Crippen molar-refractivity contribution >= 4 is 11.6 Å². The minimum Gasteiger partial charge on any atom is -0.510 e. The Hall–Kier alpha value is -2.74. The summed E-state index contributed by atoms with van der Waals surface area (Å²) in [5.74, 6) is 1.05. The maximum Gasteiger partial charge on any atom is 0.196 e. The number of fused-ring (bicyclic) bond motifs is 1. The van der Waals surface area contributed by atoms with Crippen LogP contribution in [0.3, 0.4) is 0 Å². The quantitative estimate of drug-likeness (QED) is 0.736. The van der Waals surface area contributed by atoms with Gasteiger partial charge in [0.2, 0.25) is 0 Å². The molecule has 0 aromatic carbocycles. The van der Waals surface area contributed by atoms with Crippen LogP contribution in [-0.2, 0) is 9.53 Å². The van der Waals surface area contributed by atoms with Gasteiger partial charge in [-0.15, -0.1) is 15.3 Å². The van der Waals surface area contributed by atoms with E-state index in [1.807, 2.05) is 13.0 Å². The van der Waals surface area contributed by atoms with Gasteiger partial charge in [-0.25, -0.2) is 4.68 Å². The van der Waals surface area contributed by atoms with Crippen LogP contribution in [0.1, 0.15) is 45.3 Å². The third kappa shape index (κ3) is 3.40. The zero-order valence-corrected chi connectivity index (χ0v) is 16.0. The molecule has 1 saturated carbocycles. The number of hydrogen-bond acceptors (Lipinski definition) is 7. The fourth-order valence-electron chi connectivity index (χ4n) is 4.08. The number of furan rings is 1. The van der Waals surface area contributed by atoms with Gasteiger partial charge in [0.1, 0.15) is 17.7 Å². The number of aliphatic hydroxyl groups is 1. The first kappa shape index (κ1) is 18.6. The summed E-state index contributed by atoms with van der Waals surface area (Å²) in [4.78, 5) is 12.8. The van der Waals surface area contributed by atoms with Crippen molar-refractivity contribution in [3.63, 3.8) is 0 Å². The van der Waals surface area contributed by atoms with E-state index in [9.17, 15) is 9.90 Å². The van der Waals surface area contributed by atoms with Gasteiger partial charge in [-0.1, -0.05) is 12.8 Å². The molecule has 2 aliphatic carbocycles. The molecule has 2 aromatic rings. The van der Waals surface area contributed by atoms with E-state index in [-0.39, 0.29) is 35.3 Å². The molecule has 8 nitrogen and oxygen atoms in total. The van der Waals surface area contributed by atoms with E-state index >= 15 is 0 Å². The summed E-state index contributed by atoms with van der Waals surface area (Å²) in [6.45, 7) is 1.85. The molecular weight excluding hydrogens is 360 g/mol. The summed E-state index contributed by atoms with van der Waals surface area (Å²) >= 11 is 0. The Labute approximate surface area is 162 Å². The number of ether oxygens (including phenoxy) is 1. The number of nitrogens with zero attached hydrogens (tertiary/aromatic N) is 4. The van der Waals surface area contributed by atoms with Crippen LogP contribution in [-0.4, -0.2) is 27.8 Å². The SMILES string of the molecule is COC(C)n1nc(N=NC2=C(O)CC3CCCCC3C2=O)cc1-c1ccco1. The highest BCUT2D eigenvalue weighted by Gasteiger charge is 2.39. The first-order valence-electron chi connectivity index (χ1n) is 9.62. The second-order valence-corrected chi connectivity index (χ2v) is 7.36. The number of carbonyl (C=O) groups excluding carboxylic acids is 1. The van der Waals surface area contributed by atoms with Gasteiger partial charge >= 0.3 is 0 Å². The van der Waals surface area contributed by atoms with Crippen molar-refractivity contribution in [3.05, 3.63) is 35.9 Å². The maximum atomic E-state index is 12.8. The van der Waals surface area contributed by atoms with E-state index in [2.05, 4.69) is 15.3 Å². The lowest BCUT2D eigenvalue weighted by molar-refractivity contribution is -0.123. The summed E-state index contributed by atoms with van der Waals surface area (Å²) in [7, 11) is 1.59. The largest absolute Gasteiger partial charge is 0.510 e. The lowest BCUT2D eigenvalue weighted by Crippen LogP contribution is -2.32. The van der Waals surface area contributed by atoms with Crippen molar-refractivity contribution in [2.24, 2.45) is 22.1 Å². The summed E-state index contributed by atoms with van der Waals surface area (Å²) in [6.07, 6.45) is 5.74. The van der Waals surface area contributed by atoms with Gasteiger partial charge in [0.25, 0.3) is 0 Å². The number of allylic oxidation sites excluding steroid dienone is 2. The maximum absolute atomic E-state index is 12.8. The number of rotatable bonds is 5. The van der Waals surface area contributed by atoms with Crippen LogP contribution in [0.15, 0.2) is 50.6 Å². The molecule has 3 atom stereocenters. The van der Waals surface area contributed by atoms with Crippen molar-refractivity contribution < 1.29 is 19.1 Å². The van der Waals surface area contributed by atoms with E-state index in [1.165, 1.54) is 0 Å². The zero-order valence-electron chi connectivity index (χ0n) is 16.0. The third-order valence-electron chi connectivity index (χ3n) is 5.64. The number of Topliss-reactive ketones (excluding diaryl/α,β-unsaturated/α-hetero) is 1. The summed E-state index contributed by atoms with van der Waals surface area (Å²) < 4.78 is 12.5. The standard InChI is InChI=1S/C20H24N4O4/c1-12(27-2)24-15(17-8-5-9-28-17)11-18(23-24)21-22-19-16(25)10-13-6-3-4-7-14(13)20(19)26/h5,8-9,11-14,25H,3-4,6-7,10H2,1-2H3. The highest BCUT2D eigenvalue weighted by atomic mass is 16.5. The second kappa shape index (κ2) is 7.71. The molecule has 0 bridgehead atoms. The van der Waals surface area contributed by atoms with Crippen molar-refractivity contribution in [2.75, 3.05) is 7.11 Å². The molecule has 2 aromatic heterocycles. The average Bonchev–Trinajstić information content (AvgIpc) is 3.37. The van der Waals surface area contributed by atoms with Crippen LogP contribution < -0.4 is 0 Å². The van der Waals surface area contributed by atoms with Gasteiger partial charge in [0.05, 0.1) is 6.26 Å². The second-order valence-electron chi connectivity index (χ2n) is 7.36. The highest BCUT2D eigenvalue weighted by molar-refractivity contribution is 5.98. The lowest BCUT2D eigenvalue weighted by atomic mass is 9.71. The van der Waals surface area contributed by atoms with Crippen molar-refractivity contribution in [2.45, 2.75) is 45.3 Å². The molecule has 8 heteroatoms. The Morgan fingerprint density at radius 3 is 2.93 bits per heavy atom. The van der Waals surface area contributed by atoms with Crippen LogP contribution in [0.4, 0.5) is 5.82 Å². The summed E-state index contributed by atoms with van der Waals surface area (Å²) in [5, 5.41) is 23.0. The Morgan fingerprint density at radius 1 is 1.36 bits per heavy atom. The molecule has 4 rings (SSSR count). The fourth-order valence-corrected chi connectivity index (χ4v) is 4.08. The van der Waals surface area contributed by atoms with E-state index < -0.39 is 0 Å². The predicted octanol–water partition coefficient (Wildman–Crippen LogP) is 4.94. The van der Waals surface area contributed by atoms with Gasteiger partial charge in [-0.3, -0.25) is 4.79 Å². The molecule has 28 heavy (non-hydrogen) atoms. The molecule has 1 N–H and O–H groups in total. The molecule has 0 radical (unpaired) electrons. The Balaban J connectivity index is 1.63. The van der Waals surface area contributed by atoms with Gasteiger partial charge in [-0.2, -0.15) is 0 Å². The minimum atomic E-state index is -0.337. The lowest BCUT2D eigenvalue weighted by Gasteiger charge is -2.33. The van der Waals surface area contributed by atoms with Crippen LogP contribution >= 0.6 is 0 Å². The minimum absolute atomic E-state index is 0.0350. The summed E-state index contributed by atoms with van der Waals surface area (Å²) in [6, 6.07) is 5.32. The molecule has 0 spiro atoms. The van der Waals surface area contributed by atoms with E-state index in [0.717, 1.165) is 25.7 Å². The van der Waals surface area contributed by atoms with Crippen molar-refractivity contribution in [3.8, 4) is 11.5 Å². The Bertz CT molecular complexity index is 913. The molecule has 148 valence electrons. The van der Waals surface area contributed by atoms with E-state index in [0.29, 0.717) is 23.7 Å². The fraction of sp³-hybridized carbons (Fsp3) is 0.500. The monoisotopic (exact) mass is 384 g/mol. The normalized spacial score (nSPS) is 24.0. The van der Waals surface area contributed by atoms with Gasteiger partial charge in [-0.05, 0) is 37.8 Å². The first-order valence-corrected chi connectivity index (χ1v) is 9.62. The number of ketones is 1. The van der Waals surface area contributed by atoms with E-state index in [1.54, 1.807) is 30.2 Å². The van der Waals surface area contributed by atoms with E-state index in [4.69, 9.17) is 9.15 Å². The number of azo groups is 1. The van der Waals surface area contributed by atoms with Crippen LogP contribution in [0.5, 0.6) is 0 Å². The number of hydrogen-bond donors (Lipinski definition) is 1. The van der Waals surface area contributed by atoms with Crippen molar-refractivity contribution in [1.29, 1.82) is 0 Å². The number of methoxy groups -OCH3 is 1. The molecule has 0 aliphatic heterocycles. The average molecular weight is 384 g/mol. The van der Waals surface area contributed by atoms with Crippen LogP contribution in [0.2, 0.25) is 0 Å². The molecular formula is C20H24N4O4. The molecule has 2 heterocycles. The molecule has 2 aliphatic rings. The topological polar surface area (TPSA) is 102 Å². The van der Waals surface area contributed by atoms with Crippen LogP contribution in [0, 0.1) is 11.8 Å². The molecule has 3 unspecified atom stereocenters. The highest BCUT2D eigenvalue weighted by Crippen LogP contribution is 2.41. The van der Waals surface area contributed by atoms with Crippen molar-refractivity contribution in [1.82, 2.24) is 9.78 Å². The third-order valence-corrected chi connectivity index (χ3v) is 5.64. The zero-order chi connectivity index (χ0) is 19.7. The number of aliphatic hydroxyl groups excluding tert-OH is 1. The summed E-state index contributed by atoms with van der Waals surface area (Å²) in [5.41, 5.74) is 0.755. The predicted molar refractivity (Wildman–Crippen MR) is 101 cm³/mol. The molecule has 0 amide bonds. The van der Waals surface area contributed by atoms with Gasteiger partial charge < -0.3 is 14.3 Å². The van der Waals surface area contributed by atoms with Gasteiger partial charge in [0, 0.05) is 25.5 Å². The van der Waals surface area contributed by atoms with Crippen LogP contribution in [0.25, 0.3) is 11.5 Å². The molecule has 0 saturated heterocycles. The van der Waals surface area contributed by atoms with Gasteiger partial charge in [0.15, 0.2) is 23.1 Å². The molecule has 1 fully saturated rings. The number of carbonyl (C=O) groups is 1. The first-order chi connectivity index (χ1) is 13.6. The smallest absolute Gasteiger partial charge is 0.196 e. The Kier molecular flexibility index (Phi) is 5.13. The Morgan fingerprint density at radius 2 is 2.18 bits per heavy atom.